The monoisotopic (exact) mass is 394 g/mol. The molecule has 6 heteroatoms. The molecule has 2 aromatic heterocycles. The van der Waals surface area contributed by atoms with Gasteiger partial charge in [0.05, 0.1) is 16.2 Å². The Hall–Kier alpha value is -2.70. The Morgan fingerprint density at radius 2 is 1.07 bits per heavy atom. The summed E-state index contributed by atoms with van der Waals surface area (Å²) in [5.41, 5.74) is -0.327. The molecule has 27 heavy (non-hydrogen) atoms. The van der Waals surface area contributed by atoms with E-state index in [0.29, 0.717) is 11.8 Å². The molecule has 0 radical (unpaired) electrons. The first-order valence-electron chi connectivity index (χ1n) is 8.49. The Labute approximate surface area is 166 Å². The minimum absolute atomic E-state index is 0.327. The number of para-hydroxylation sites is 2. The fourth-order valence-corrected chi connectivity index (χ4v) is 4.26. The van der Waals surface area contributed by atoms with Crippen LogP contribution in [-0.4, -0.2) is 9.97 Å². The first kappa shape index (κ1) is 17.7. The molecule has 2 aromatic carbocycles. The first-order chi connectivity index (χ1) is 13.1. The Kier molecular flexibility index (Phi) is 4.92. The van der Waals surface area contributed by atoms with E-state index in [1.165, 1.54) is 0 Å². The number of hydrogen-bond donors (Lipinski definition) is 0. The maximum atomic E-state index is 5.83. The molecule has 0 N–H and O–H groups in total. The molecule has 2 heterocycles. The summed E-state index contributed by atoms with van der Waals surface area (Å²) in [6.45, 7) is 4.23. The average molecular weight is 395 g/mol. The molecule has 0 saturated heterocycles. The van der Waals surface area contributed by atoms with Crippen molar-refractivity contribution in [1.82, 2.24) is 9.97 Å². The zero-order valence-electron chi connectivity index (χ0n) is 15.0. The zero-order valence-corrected chi connectivity index (χ0v) is 16.6. The second-order valence-electron chi connectivity index (χ2n) is 6.44. The van der Waals surface area contributed by atoms with Gasteiger partial charge in [0.1, 0.15) is 21.5 Å². The quantitative estimate of drug-likeness (QED) is 0.374. The van der Waals surface area contributed by atoms with Crippen molar-refractivity contribution >= 4 is 22.7 Å². The molecule has 0 spiro atoms. The van der Waals surface area contributed by atoms with Gasteiger partial charge in [-0.1, -0.05) is 36.4 Å². The molecule has 4 rings (SSSR count). The number of hydrogen-bond acceptors (Lipinski definition) is 6. The van der Waals surface area contributed by atoms with Crippen molar-refractivity contribution in [3.63, 3.8) is 0 Å². The fourth-order valence-electron chi connectivity index (χ4n) is 2.50. The van der Waals surface area contributed by atoms with Crippen molar-refractivity contribution in [3.8, 4) is 23.3 Å². The lowest BCUT2D eigenvalue weighted by Crippen LogP contribution is -2.18. The van der Waals surface area contributed by atoms with Crippen molar-refractivity contribution in [2.75, 3.05) is 0 Å². The summed E-state index contributed by atoms with van der Waals surface area (Å²) < 4.78 is 11.7. The van der Waals surface area contributed by atoms with Crippen molar-refractivity contribution in [1.29, 1.82) is 0 Å². The number of ether oxygens (including phenoxy) is 2. The van der Waals surface area contributed by atoms with Crippen LogP contribution in [0.2, 0.25) is 0 Å². The highest BCUT2D eigenvalue weighted by Crippen LogP contribution is 2.39. The third-order valence-electron chi connectivity index (χ3n) is 3.97. The summed E-state index contributed by atoms with van der Waals surface area (Å²) in [5.74, 6) is 2.76. The van der Waals surface area contributed by atoms with Crippen LogP contribution >= 0.6 is 22.7 Å². The molecular formula is C21H18N2O2S2. The molecule has 0 bridgehead atoms. The second kappa shape index (κ2) is 7.50. The molecule has 0 aliphatic carbocycles. The van der Waals surface area contributed by atoms with Crippen LogP contribution in [0.3, 0.4) is 0 Å². The predicted molar refractivity (Wildman–Crippen MR) is 109 cm³/mol. The van der Waals surface area contributed by atoms with Crippen LogP contribution < -0.4 is 9.47 Å². The summed E-state index contributed by atoms with van der Waals surface area (Å²) in [7, 11) is 0. The van der Waals surface area contributed by atoms with E-state index in [9.17, 15) is 0 Å². The van der Waals surface area contributed by atoms with Gasteiger partial charge in [-0.25, -0.2) is 9.97 Å². The molecular weight excluding hydrogens is 376 g/mol. The lowest BCUT2D eigenvalue weighted by molar-refractivity contribution is 0.456. The lowest BCUT2D eigenvalue weighted by atomic mass is 9.96. The standard InChI is InChI=1S/C21H18N2O2S2/c1-21(2,19-22-17(13-26-19)24-15-9-5-3-6-10-15)20-23-18(14-27-20)25-16-11-7-4-8-12-16/h3-14H,1-2H3. The van der Waals surface area contributed by atoms with Gasteiger partial charge in [0.15, 0.2) is 0 Å². The summed E-state index contributed by atoms with van der Waals surface area (Å²) in [6.07, 6.45) is 0. The average Bonchev–Trinajstić information content (AvgIpc) is 3.34. The number of thiazole rings is 2. The van der Waals surface area contributed by atoms with Crippen LogP contribution in [0, 0.1) is 0 Å². The van der Waals surface area contributed by atoms with Crippen LogP contribution in [0.4, 0.5) is 0 Å². The van der Waals surface area contributed by atoms with E-state index in [-0.39, 0.29) is 5.41 Å². The van der Waals surface area contributed by atoms with E-state index < -0.39 is 0 Å². The zero-order chi connectivity index (χ0) is 18.7. The normalized spacial score (nSPS) is 11.3. The van der Waals surface area contributed by atoms with Gasteiger partial charge >= 0.3 is 0 Å². The van der Waals surface area contributed by atoms with Gasteiger partial charge in [0.2, 0.25) is 11.8 Å². The topological polar surface area (TPSA) is 44.2 Å². The largest absolute Gasteiger partial charge is 0.438 e. The molecule has 0 fully saturated rings. The molecule has 0 atom stereocenters. The van der Waals surface area contributed by atoms with Crippen molar-refractivity contribution < 1.29 is 9.47 Å². The van der Waals surface area contributed by atoms with Gasteiger partial charge in [-0.05, 0) is 38.1 Å². The maximum absolute atomic E-state index is 5.83. The highest BCUT2D eigenvalue weighted by Gasteiger charge is 2.31. The van der Waals surface area contributed by atoms with Gasteiger partial charge in [-0.15, -0.1) is 22.7 Å². The number of nitrogens with zero attached hydrogens (tertiary/aromatic N) is 2. The lowest BCUT2D eigenvalue weighted by Gasteiger charge is -2.18. The Morgan fingerprint density at radius 1 is 0.667 bits per heavy atom. The molecule has 0 aliphatic heterocycles. The summed E-state index contributed by atoms with van der Waals surface area (Å²) in [4.78, 5) is 9.34. The van der Waals surface area contributed by atoms with Crippen LogP contribution in [-0.2, 0) is 5.41 Å². The summed E-state index contributed by atoms with van der Waals surface area (Å²) >= 11 is 3.15. The predicted octanol–water partition coefficient (Wildman–Crippen LogP) is 6.51. The highest BCUT2D eigenvalue weighted by atomic mass is 32.1. The van der Waals surface area contributed by atoms with Crippen molar-refractivity contribution in [2.45, 2.75) is 19.3 Å². The second-order valence-corrected chi connectivity index (χ2v) is 8.15. The molecule has 0 aliphatic rings. The Balaban J connectivity index is 1.51. The number of rotatable bonds is 6. The SMILES string of the molecule is CC(C)(c1nc(Oc2ccccc2)cs1)c1nc(Oc2ccccc2)cs1. The van der Waals surface area contributed by atoms with Crippen LogP contribution in [0.1, 0.15) is 23.9 Å². The molecule has 0 saturated carbocycles. The van der Waals surface area contributed by atoms with E-state index in [1.54, 1.807) is 22.7 Å². The van der Waals surface area contributed by atoms with Crippen molar-refractivity contribution in [3.05, 3.63) is 81.4 Å². The minimum atomic E-state index is -0.327. The third-order valence-corrected chi connectivity index (χ3v) is 6.26. The molecule has 4 nitrogen and oxygen atoms in total. The van der Waals surface area contributed by atoms with Crippen molar-refractivity contribution in [2.24, 2.45) is 0 Å². The first-order valence-corrected chi connectivity index (χ1v) is 10.2. The Bertz CT molecular complexity index is 929. The molecule has 0 unspecified atom stereocenters. The minimum Gasteiger partial charge on any atom is -0.438 e. The van der Waals surface area contributed by atoms with Gasteiger partial charge < -0.3 is 9.47 Å². The smallest absolute Gasteiger partial charge is 0.230 e. The van der Waals surface area contributed by atoms with E-state index in [2.05, 4.69) is 23.8 Å². The number of benzene rings is 2. The molecule has 0 amide bonds. The van der Waals surface area contributed by atoms with Gasteiger partial charge in [0.25, 0.3) is 0 Å². The van der Waals surface area contributed by atoms with Crippen LogP contribution in [0.15, 0.2) is 71.4 Å². The summed E-state index contributed by atoms with van der Waals surface area (Å²) in [6, 6.07) is 19.3. The maximum Gasteiger partial charge on any atom is 0.230 e. The molecule has 136 valence electrons. The van der Waals surface area contributed by atoms with E-state index in [0.717, 1.165) is 21.5 Å². The third kappa shape index (κ3) is 4.02. The van der Waals surface area contributed by atoms with E-state index in [1.807, 2.05) is 71.4 Å². The highest BCUT2D eigenvalue weighted by molar-refractivity contribution is 7.11. The number of aromatic nitrogens is 2. The van der Waals surface area contributed by atoms with Crippen LogP contribution in [0.25, 0.3) is 0 Å². The summed E-state index contributed by atoms with van der Waals surface area (Å²) in [5, 5.41) is 5.76. The molecule has 4 aromatic rings. The van der Waals surface area contributed by atoms with E-state index in [4.69, 9.17) is 9.47 Å². The van der Waals surface area contributed by atoms with Gasteiger partial charge in [-0.3, -0.25) is 0 Å². The van der Waals surface area contributed by atoms with E-state index >= 15 is 0 Å². The van der Waals surface area contributed by atoms with Crippen LogP contribution in [0.5, 0.6) is 23.3 Å². The van der Waals surface area contributed by atoms with Gasteiger partial charge in [-0.2, -0.15) is 0 Å². The Morgan fingerprint density at radius 3 is 1.48 bits per heavy atom. The fraction of sp³-hybridized carbons (Fsp3) is 0.143. The van der Waals surface area contributed by atoms with Gasteiger partial charge in [0, 0.05) is 0 Å².